The van der Waals surface area contributed by atoms with E-state index in [2.05, 4.69) is 16.7 Å². The van der Waals surface area contributed by atoms with Crippen molar-refractivity contribution < 1.29 is 14.3 Å². The quantitative estimate of drug-likeness (QED) is 0.882. The van der Waals surface area contributed by atoms with Gasteiger partial charge in [-0.2, -0.15) is 0 Å². The number of fused-ring (bicyclic) bond motifs is 1. The van der Waals surface area contributed by atoms with Crippen molar-refractivity contribution in [2.24, 2.45) is 0 Å². The molecule has 5 nitrogen and oxygen atoms in total. The van der Waals surface area contributed by atoms with Crippen molar-refractivity contribution in [3.63, 3.8) is 0 Å². The Bertz CT molecular complexity index is 630. The molecule has 1 saturated heterocycles. The number of hydrogen-bond donors (Lipinski definition) is 2. The highest BCUT2D eigenvalue weighted by molar-refractivity contribution is 8.01. The maximum Gasteiger partial charge on any atom is 0.243 e. The highest BCUT2D eigenvalue weighted by Gasteiger charge is 2.37. The minimum Gasteiger partial charge on any atom is -0.493 e. The van der Waals surface area contributed by atoms with E-state index in [1.54, 1.807) is 0 Å². The maximum atomic E-state index is 12.3. The molecule has 1 aromatic carbocycles. The van der Waals surface area contributed by atoms with Crippen molar-refractivity contribution in [1.82, 2.24) is 10.6 Å². The summed E-state index contributed by atoms with van der Waals surface area (Å²) in [6.45, 7) is 4.98. The summed E-state index contributed by atoms with van der Waals surface area (Å²) in [6, 6.07) is 5.58. The monoisotopic (exact) mass is 334 g/mol. The highest BCUT2D eigenvalue weighted by Crippen LogP contribution is 2.29. The first-order chi connectivity index (χ1) is 11.0. The second kappa shape index (κ2) is 6.43. The molecule has 0 aromatic heterocycles. The fourth-order valence-corrected chi connectivity index (χ4v) is 3.72. The minimum absolute atomic E-state index is 0.0835. The summed E-state index contributed by atoms with van der Waals surface area (Å²) in [4.78, 5) is 24.2. The van der Waals surface area contributed by atoms with Crippen LogP contribution < -0.4 is 15.4 Å². The lowest BCUT2D eigenvalue weighted by molar-refractivity contribution is -0.129. The van der Waals surface area contributed by atoms with Crippen molar-refractivity contribution in [1.29, 1.82) is 0 Å². The summed E-state index contributed by atoms with van der Waals surface area (Å²) in [5.41, 5.74) is 2.25. The summed E-state index contributed by atoms with van der Waals surface area (Å²) >= 11 is 1.52. The van der Waals surface area contributed by atoms with Crippen LogP contribution >= 0.6 is 11.8 Å². The molecule has 1 fully saturated rings. The van der Waals surface area contributed by atoms with Gasteiger partial charge in [-0.05, 0) is 43.9 Å². The van der Waals surface area contributed by atoms with Gasteiger partial charge in [0.05, 0.1) is 11.4 Å². The number of nitrogens with one attached hydrogen (secondary N) is 2. The van der Waals surface area contributed by atoms with Crippen LogP contribution in [0.3, 0.4) is 0 Å². The molecule has 0 spiro atoms. The number of carbonyl (C=O) groups excluding carboxylic acids is 2. The Morgan fingerprint density at radius 3 is 3.09 bits per heavy atom. The molecule has 2 heterocycles. The lowest BCUT2D eigenvalue weighted by Crippen LogP contribution is -2.57. The molecule has 0 radical (unpaired) electrons. The number of hydrogen-bond acceptors (Lipinski definition) is 4. The molecular formula is C17H22N2O3S. The summed E-state index contributed by atoms with van der Waals surface area (Å²) in [6.07, 6.45) is 2.05. The van der Waals surface area contributed by atoms with Crippen LogP contribution in [0.5, 0.6) is 5.75 Å². The summed E-state index contributed by atoms with van der Waals surface area (Å²) in [5, 5.41) is 5.72. The number of rotatable bonds is 3. The Morgan fingerprint density at radius 1 is 1.48 bits per heavy atom. The predicted molar refractivity (Wildman–Crippen MR) is 90.6 cm³/mol. The van der Waals surface area contributed by atoms with Gasteiger partial charge in [0, 0.05) is 12.3 Å². The molecule has 1 aromatic rings. The average molecular weight is 334 g/mol. The van der Waals surface area contributed by atoms with Crippen LogP contribution in [0.2, 0.25) is 0 Å². The third-order valence-electron chi connectivity index (χ3n) is 4.22. The fourth-order valence-electron chi connectivity index (χ4n) is 2.71. The van der Waals surface area contributed by atoms with Crippen LogP contribution in [0.15, 0.2) is 18.2 Å². The summed E-state index contributed by atoms with van der Waals surface area (Å²) in [7, 11) is 0. The largest absolute Gasteiger partial charge is 0.493 e. The molecule has 2 N–H and O–H groups in total. The zero-order chi connectivity index (χ0) is 16.4. The number of thioether (sulfide) groups is 1. The summed E-state index contributed by atoms with van der Waals surface area (Å²) < 4.78 is 5.13. The van der Waals surface area contributed by atoms with Gasteiger partial charge in [-0.25, -0.2) is 0 Å². The zero-order valence-corrected chi connectivity index (χ0v) is 14.3. The van der Waals surface area contributed by atoms with Gasteiger partial charge in [0.25, 0.3) is 0 Å². The number of amides is 2. The van der Waals surface area contributed by atoms with Gasteiger partial charge in [0.15, 0.2) is 0 Å². The third kappa shape index (κ3) is 3.63. The molecular weight excluding hydrogens is 312 g/mol. The first-order valence-corrected chi connectivity index (χ1v) is 8.91. The molecule has 6 heteroatoms. The lowest BCUT2D eigenvalue weighted by atomic mass is 10.0. The van der Waals surface area contributed by atoms with Crippen LogP contribution in [0.25, 0.3) is 0 Å². The second-order valence-electron chi connectivity index (χ2n) is 6.46. The molecule has 1 atom stereocenters. The number of benzene rings is 1. The first-order valence-electron chi connectivity index (χ1n) is 7.93. The Labute approximate surface area is 140 Å². The normalized spacial score (nSPS) is 22.5. The maximum absolute atomic E-state index is 12.3. The van der Waals surface area contributed by atoms with Crippen molar-refractivity contribution in [3.8, 4) is 5.75 Å². The van der Waals surface area contributed by atoms with Crippen molar-refractivity contribution in [2.75, 3.05) is 12.4 Å². The Balaban J connectivity index is 1.56. The molecule has 0 saturated carbocycles. The summed E-state index contributed by atoms with van der Waals surface area (Å²) in [5.74, 6) is 1.34. The van der Waals surface area contributed by atoms with E-state index in [4.69, 9.17) is 4.74 Å². The second-order valence-corrected chi connectivity index (χ2v) is 8.10. The third-order valence-corrected chi connectivity index (χ3v) is 5.63. The van der Waals surface area contributed by atoms with E-state index < -0.39 is 10.8 Å². The van der Waals surface area contributed by atoms with Gasteiger partial charge in [-0.3, -0.25) is 9.59 Å². The fraction of sp³-hybridized carbons (Fsp3) is 0.529. The molecule has 23 heavy (non-hydrogen) atoms. The van der Waals surface area contributed by atoms with Gasteiger partial charge in [0.2, 0.25) is 11.8 Å². The van der Waals surface area contributed by atoms with E-state index in [0.29, 0.717) is 12.3 Å². The molecule has 2 aliphatic rings. The Kier molecular flexibility index (Phi) is 4.53. The smallest absolute Gasteiger partial charge is 0.243 e. The molecule has 0 bridgehead atoms. The predicted octanol–water partition coefficient (Wildman–Crippen LogP) is 1.64. The molecule has 2 aliphatic heterocycles. The topological polar surface area (TPSA) is 67.4 Å². The lowest BCUT2D eigenvalue weighted by Gasteiger charge is -2.32. The highest BCUT2D eigenvalue weighted by atomic mass is 32.2. The molecule has 3 rings (SSSR count). The standard InChI is InChI=1S/C17H22N2O3S/c1-17(2)16(21)19-13(10-23-17)15(20)18-9-11-5-6-14-12(8-11)4-3-7-22-14/h5-6,8,13H,3-4,7,9-10H2,1-2H3,(H,18,20)(H,19,21)/t13-/m0/s1. The first kappa shape index (κ1) is 16.2. The van der Waals surface area contributed by atoms with Crippen molar-refractivity contribution in [2.45, 2.75) is 44.0 Å². The van der Waals surface area contributed by atoms with Gasteiger partial charge in [-0.15, -0.1) is 11.8 Å². The van der Waals surface area contributed by atoms with Gasteiger partial charge >= 0.3 is 0 Å². The van der Waals surface area contributed by atoms with E-state index >= 15 is 0 Å². The molecule has 2 amide bonds. The number of aryl methyl sites for hydroxylation is 1. The molecule has 0 unspecified atom stereocenters. The van der Waals surface area contributed by atoms with E-state index in [-0.39, 0.29) is 11.8 Å². The Morgan fingerprint density at radius 2 is 2.30 bits per heavy atom. The van der Waals surface area contributed by atoms with Crippen LogP contribution in [0, 0.1) is 0 Å². The minimum atomic E-state index is -0.463. The van der Waals surface area contributed by atoms with Gasteiger partial charge < -0.3 is 15.4 Å². The van der Waals surface area contributed by atoms with Crippen LogP contribution in [0.1, 0.15) is 31.4 Å². The zero-order valence-electron chi connectivity index (χ0n) is 13.5. The van der Waals surface area contributed by atoms with E-state index in [0.717, 1.165) is 30.8 Å². The van der Waals surface area contributed by atoms with Crippen LogP contribution in [-0.4, -0.2) is 35.0 Å². The number of ether oxygens (including phenoxy) is 1. The van der Waals surface area contributed by atoms with E-state index in [1.807, 2.05) is 26.0 Å². The van der Waals surface area contributed by atoms with Crippen molar-refractivity contribution >= 4 is 23.6 Å². The SMILES string of the molecule is CC1(C)SC[C@@H](C(=O)NCc2ccc3c(c2)CCCO3)NC1=O. The van der Waals surface area contributed by atoms with E-state index in [1.165, 1.54) is 17.3 Å². The van der Waals surface area contributed by atoms with Gasteiger partial charge in [0.1, 0.15) is 11.8 Å². The number of carbonyl (C=O) groups is 2. The van der Waals surface area contributed by atoms with Crippen LogP contribution in [0.4, 0.5) is 0 Å². The molecule has 124 valence electrons. The Hall–Kier alpha value is -1.69. The van der Waals surface area contributed by atoms with Crippen LogP contribution in [-0.2, 0) is 22.6 Å². The van der Waals surface area contributed by atoms with Crippen molar-refractivity contribution in [3.05, 3.63) is 29.3 Å². The van der Waals surface area contributed by atoms with Gasteiger partial charge in [-0.1, -0.05) is 12.1 Å². The molecule has 0 aliphatic carbocycles. The van der Waals surface area contributed by atoms with E-state index in [9.17, 15) is 9.59 Å². The average Bonchev–Trinajstić information content (AvgIpc) is 2.55.